The summed E-state index contributed by atoms with van der Waals surface area (Å²) in [4.78, 5) is 0. The summed E-state index contributed by atoms with van der Waals surface area (Å²) in [5, 5.41) is 18.0. The maximum Gasteiger partial charge on any atom is 0.154 e. The highest BCUT2D eigenvalue weighted by molar-refractivity contribution is 4.84. The van der Waals surface area contributed by atoms with Gasteiger partial charge in [-0.2, -0.15) is 5.26 Å². The van der Waals surface area contributed by atoms with Crippen molar-refractivity contribution in [2.45, 2.75) is 45.5 Å². The molecule has 0 aromatic rings. The molecule has 0 rings (SSSR count). The number of aliphatic hydroxyl groups is 1. The molecule has 14 heavy (non-hydrogen) atoms. The van der Waals surface area contributed by atoms with Crippen molar-refractivity contribution in [3.05, 3.63) is 0 Å². The second-order valence-corrected chi connectivity index (χ2v) is 3.48. The zero-order valence-electron chi connectivity index (χ0n) is 9.12. The van der Waals surface area contributed by atoms with E-state index < -0.39 is 5.60 Å². The van der Waals surface area contributed by atoms with E-state index in [4.69, 9.17) is 14.7 Å². The molecule has 0 spiro atoms. The fraction of sp³-hybridized carbons (Fsp3) is 0.900. The second-order valence-electron chi connectivity index (χ2n) is 3.48. The molecule has 0 aliphatic rings. The van der Waals surface area contributed by atoms with Crippen molar-refractivity contribution in [3.63, 3.8) is 0 Å². The first-order valence-electron chi connectivity index (χ1n) is 4.84. The first-order chi connectivity index (χ1) is 6.52. The molecule has 0 heterocycles. The van der Waals surface area contributed by atoms with Crippen LogP contribution in [-0.4, -0.2) is 30.2 Å². The molecule has 0 radical (unpaired) electrons. The molecule has 1 N–H and O–H groups in total. The molecule has 0 aliphatic heterocycles. The molecule has 2 atom stereocenters. The Morgan fingerprint density at radius 2 is 2.14 bits per heavy atom. The van der Waals surface area contributed by atoms with Crippen molar-refractivity contribution in [1.82, 2.24) is 0 Å². The smallest absolute Gasteiger partial charge is 0.154 e. The van der Waals surface area contributed by atoms with E-state index in [0.717, 1.165) is 0 Å². The number of hydrogen-bond donors (Lipinski definition) is 1. The van der Waals surface area contributed by atoms with E-state index in [1.54, 1.807) is 6.92 Å². The maximum atomic E-state index is 9.61. The van der Waals surface area contributed by atoms with Crippen LogP contribution in [0.15, 0.2) is 0 Å². The Hall–Kier alpha value is -0.630. The van der Waals surface area contributed by atoms with Gasteiger partial charge in [-0.05, 0) is 20.8 Å². The molecule has 0 bridgehead atoms. The minimum atomic E-state index is -0.958. The Bertz CT molecular complexity index is 186. The third kappa shape index (κ3) is 6.84. The Morgan fingerprint density at radius 1 is 1.50 bits per heavy atom. The van der Waals surface area contributed by atoms with Gasteiger partial charge < -0.3 is 14.6 Å². The number of rotatable bonds is 7. The molecule has 0 saturated heterocycles. The largest absolute Gasteiger partial charge is 0.389 e. The summed E-state index contributed by atoms with van der Waals surface area (Å²) in [7, 11) is 0. The highest BCUT2D eigenvalue weighted by Gasteiger charge is 2.19. The predicted molar refractivity (Wildman–Crippen MR) is 52.5 cm³/mol. The fourth-order valence-corrected chi connectivity index (χ4v) is 0.986. The molecule has 0 amide bonds. The molecule has 0 aromatic heterocycles. The van der Waals surface area contributed by atoms with Crippen LogP contribution < -0.4 is 0 Å². The van der Waals surface area contributed by atoms with Crippen molar-refractivity contribution in [1.29, 1.82) is 5.26 Å². The van der Waals surface area contributed by atoms with Crippen molar-refractivity contribution < 1.29 is 14.6 Å². The molecule has 0 aromatic carbocycles. The fourth-order valence-electron chi connectivity index (χ4n) is 0.986. The summed E-state index contributed by atoms with van der Waals surface area (Å²) in [5.41, 5.74) is -0.958. The van der Waals surface area contributed by atoms with Gasteiger partial charge in [0.2, 0.25) is 0 Å². The Labute approximate surface area is 85.4 Å². The minimum Gasteiger partial charge on any atom is -0.389 e. The van der Waals surface area contributed by atoms with Gasteiger partial charge in [0, 0.05) is 13.0 Å². The highest BCUT2D eigenvalue weighted by atomic mass is 16.7. The first kappa shape index (κ1) is 13.4. The van der Waals surface area contributed by atoms with Crippen molar-refractivity contribution in [2.75, 3.05) is 13.2 Å². The molecular formula is C10H19NO3. The van der Waals surface area contributed by atoms with Crippen LogP contribution in [0, 0.1) is 11.3 Å². The quantitative estimate of drug-likeness (QED) is 0.633. The van der Waals surface area contributed by atoms with E-state index in [1.807, 2.05) is 19.9 Å². The Balaban J connectivity index is 3.58. The topological polar surface area (TPSA) is 62.5 Å². The van der Waals surface area contributed by atoms with E-state index in [0.29, 0.717) is 19.6 Å². The van der Waals surface area contributed by atoms with Gasteiger partial charge in [-0.3, -0.25) is 0 Å². The number of hydrogen-bond acceptors (Lipinski definition) is 4. The summed E-state index contributed by atoms with van der Waals surface area (Å²) >= 11 is 0. The molecule has 0 fully saturated rings. The minimum absolute atomic E-state index is 0.124. The van der Waals surface area contributed by atoms with Gasteiger partial charge >= 0.3 is 0 Å². The lowest BCUT2D eigenvalue weighted by Crippen LogP contribution is -2.26. The van der Waals surface area contributed by atoms with Crippen LogP contribution in [0.4, 0.5) is 0 Å². The van der Waals surface area contributed by atoms with E-state index in [9.17, 15) is 5.11 Å². The van der Waals surface area contributed by atoms with Crippen LogP contribution in [0.5, 0.6) is 0 Å². The molecule has 1 unspecified atom stereocenters. The van der Waals surface area contributed by atoms with Crippen LogP contribution in [0.1, 0.15) is 33.6 Å². The number of nitrogens with zero attached hydrogens (tertiary/aromatic N) is 1. The van der Waals surface area contributed by atoms with Crippen LogP contribution in [0.25, 0.3) is 0 Å². The van der Waals surface area contributed by atoms with Gasteiger partial charge in [0.1, 0.15) is 0 Å². The predicted octanol–water partition coefficient (Wildman–Crippen LogP) is 1.44. The van der Waals surface area contributed by atoms with Crippen molar-refractivity contribution in [2.24, 2.45) is 0 Å². The lowest BCUT2D eigenvalue weighted by molar-refractivity contribution is -0.135. The summed E-state index contributed by atoms with van der Waals surface area (Å²) in [5.74, 6) is 0. The molecule has 4 nitrogen and oxygen atoms in total. The average Bonchev–Trinajstić information content (AvgIpc) is 2.03. The second kappa shape index (κ2) is 6.77. The summed E-state index contributed by atoms with van der Waals surface area (Å²) in [6, 6.07) is 1.93. The monoisotopic (exact) mass is 201 g/mol. The zero-order chi connectivity index (χ0) is 11.0. The van der Waals surface area contributed by atoms with Crippen LogP contribution in [0.3, 0.4) is 0 Å². The first-order valence-corrected chi connectivity index (χ1v) is 4.84. The Morgan fingerprint density at radius 3 is 2.64 bits per heavy atom. The Kier molecular flexibility index (Phi) is 6.46. The molecule has 4 heteroatoms. The number of nitriles is 1. The summed E-state index contributed by atoms with van der Waals surface area (Å²) < 4.78 is 10.4. The third-order valence-electron chi connectivity index (χ3n) is 1.85. The lowest BCUT2D eigenvalue weighted by atomic mass is 10.00. The molecule has 0 aliphatic carbocycles. The lowest BCUT2D eigenvalue weighted by Gasteiger charge is -2.21. The molecule has 82 valence electrons. The van der Waals surface area contributed by atoms with Gasteiger partial charge in [0.25, 0.3) is 0 Å². The average molecular weight is 201 g/mol. The SMILES string of the molecule is CCOC(C)OCC[C@@](C)(O)CC#N. The van der Waals surface area contributed by atoms with E-state index in [1.165, 1.54) is 0 Å². The van der Waals surface area contributed by atoms with Gasteiger partial charge in [-0.15, -0.1) is 0 Å². The van der Waals surface area contributed by atoms with E-state index in [-0.39, 0.29) is 12.7 Å². The molecular weight excluding hydrogens is 182 g/mol. The van der Waals surface area contributed by atoms with Crippen LogP contribution in [-0.2, 0) is 9.47 Å². The summed E-state index contributed by atoms with van der Waals surface area (Å²) in [6.45, 7) is 6.34. The van der Waals surface area contributed by atoms with Crippen molar-refractivity contribution in [3.8, 4) is 6.07 Å². The maximum absolute atomic E-state index is 9.61. The highest BCUT2D eigenvalue weighted by Crippen LogP contribution is 2.13. The molecule has 0 saturated carbocycles. The van der Waals surface area contributed by atoms with Gasteiger partial charge in [0.05, 0.1) is 24.7 Å². The van der Waals surface area contributed by atoms with Crippen LogP contribution >= 0.6 is 0 Å². The van der Waals surface area contributed by atoms with E-state index in [2.05, 4.69) is 0 Å². The number of ether oxygens (including phenoxy) is 2. The van der Waals surface area contributed by atoms with Crippen molar-refractivity contribution >= 4 is 0 Å². The van der Waals surface area contributed by atoms with Gasteiger partial charge in [0.15, 0.2) is 6.29 Å². The standard InChI is InChI=1S/C10H19NO3/c1-4-13-9(2)14-8-6-10(3,12)5-7-11/h9,12H,4-6,8H2,1-3H3/t9?,10-/m0/s1. The third-order valence-corrected chi connectivity index (χ3v) is 1.85. The zero-order valence-corrected chi connectivity index (χ0v) is 9.12. The summed E-state index contributed by atoms with van der Waals surface area (Å²) in [6.07, 6.45) is 0.315. The van der Waals surface area contributed by atoms with E-state index >= 15 is 0 Å². The normalized spacial score (nSPS) is 17.1. The van der Waals surface area contributed by atoms with Gasteiger partial charge in [-0.1, -0.05) is 0 Å². The van der Waals surface area contributed by atoms with Crippen LogP contribution in [0.2, 0.25) is 0 Å². The van der Waals surface area contributed by atoms with Gasteiger partial charge in [-0.25, -0.2) is 0 Å².